The first-order valence-corrected chi connectivity index (χ1v) is 10.2. The first-order chi connectivity index (χ1) is 13.1. The second-order valence-electron chi connectivity index (χ2n) is 8.49. The molecule has 0 spiro atoms. The smallest absolute Gasteiger partial charge is 0.414 e. The first-order valence-electron chi connectivity index (χ1n) is 9.41. The molecule has 0 aliphatic carbocycles. The van der Waals surface area contributed by atoms with Crippen molar-refractivity contribution in [2.45, 2.75) is 70.0 Å². The second-order valence-corrected chi connectivity index (χ2v) is 9.29. The fourth-order valence-electron chi connectivity index (χ4n) is 4.74. The van der Waals surface area contributed by atoms with Gasteiger partial charge >= 0.3 is 11.9 Å². The van der Waals surface area contributed by atoms with Crippen molar-refractivity contribution in [2.24, 2.45) is 0 Å². The monoisotopic (exact) mass is 406 g/mol. The Labute approximate surface area is 167 Å². The van der Waals surface area contributed by atoms with E-state index in [0.717, 1.165) is 0 Å². The second kappa shape index (κ2) is 7.67. The highest BCUT2D eigenvalue weighted by Gasteiger charge is 2.46. The summed E-state index contributed by atoms with van der Waals surface area (Å²) in [4.78, 5) is 20.9. The van der Waals surface area contributed by atoms with Gasteiger partial charge in [-0.3, -0.25) is 4.90 Å². The van der Waals surface area contributed by atoms with E-state index in [2.05, 4.69) is 25.7 Å². The quantitative estimate of drug-likeness (QED) is 0.620. The van der Waals surface area contributed by atoms with Gasteiger partial charge in [-0.25, -0.2) is 9.59 Å². The van der Waals surface area contributed by atoms with Crippen molar-refractivity contribution in [3.05, 3.63) is 23.9 Å². The van der Waals surface area contributed by atoms with E-state index >= 15 is 0 Å². The summed E-state index contributed by atoms with van der Waals surface area (Å²) in [6, 6.07) is 7.03. The number of aromatic hydroxyl groups is 1. The molecule has 2 unspecified atom stereocenters. The molecule has 3 heterocycles. The van der Waals surface area contributed by atoms with Crippen molar-refractivity contribution in [3.63, 3.8) is 0 Å². The topological polar surface area (TPSA) is 111 Å². The fraction of sp³-hybridized carbons (Fsp3) is 0.550. The number of phenols is 1. The highest BCUT2D eigenvalue weighted by atomic mass is 32.1. The summed E-state index contributed by atoms with van der Waals surface area (Å²) >= 11 is 1.57. The molecule has 0 radical (unpaired) electrons. The zero-order valence-corrected chi connectivity index (χ0v) is 17.1. The zero-order valence-electron chi connectivity index (χ0n) is 16.3. The van der Waals surface area contributed by atoms with Crippen LogP contribution in [0, 0.1) is 0 Å². The van der Waals surface area contributed by atoms with E-state index in [1.54, 1.807) is 17.6 Å². The third kappa shape index (κ3) is 4.12. The largest absolute Gasteiger partial charge is 0.508 e. The summed E-state index contributed by atoms with van der Waals surface area (Å²) < 4.78 is 5.95. The Bertz CT molecular complexity index is 862. The number of benzene rings is 1. The molecule has 4 rings (SSSR count). The number of phenolic OH excluding ortho intramolecular Hbond substituents is 1. The first kappa shape index (κ1) is 20.5. The Hall–Kier alpha value is -2.19. The molecule has 2 aromatic rings. The summed E-state index contributed by atoms with van der Waals surface area (Å²) in [7, 11) is 0. The molecule has 152 valence electrons. The van der Waals surface area contributed by atoms with Crippen molar-refractivity contribution in [1.29, 1.82) is 0 Å². The third-order valence-corrected chi connectivity index (χ3v) is 6.40. The van der Waals surface area contributed by atoms with Gasteiger partial charge in [0.15, 0.2) is 0 Å². The molecule has 2 atom stereocenters. The number of carbonyl (C=O) groups is 2. The van der Waals surface area contributed by atoms with Gasteiger partial charge in [-0.1, -0.05) is 0 Å². The van der Waals surface area contributed by atoms with E-state index < -0.39 is 11.9 Å². The number of aromatic nitrogens is 1. The predicted octanol–water partition coefficient (Wildman–Crippen LogP) is 3.67. The van der Waals surface area contributed by atoms with Gasteiger partial charge in [0, 0.05) is 28.9 Å². The molecular formula is C20H26N2O5S. The van der Waals surface area contributed by atoms with Crippen molar-refractivity contribution in [3.8, 4) is 5.75 Å². The lowest BCUT2D eigenvalue weighted by atomic mass is 9.84. The summed E-state index contributed by atoms with van der Waals surface area (Å²) in [5.74, 6) is -2.75. The van der Waals surface area contributed by atoms with Gasteiger partial charge in [-0.2, -0.15) is 4.37 Å². The molecule has 0 amide bonds. The van der Waals surface area contributed by atoms with Gasteiger partial charge in [0.25, 0.3) is 0 Å². The van der Waals surface area contributed by atoms with Crippen LogP contribution in [0.25, 0.3) is 10.1 Å². The molecular weight excluding hydrogens is 380 g/mol. The van der Waals surface area contributed by atoms with Gasteiger partial charge in [0.05, 0.1) is 10.4 Å². The molecule has 2 bridgehead atoms. The Morgan fingerprint density at radius 2 is 1.68 bits per heavy atom. The molecule has 2 aliphatic rings. The minimum absolute atomic E-state index is 0.263. The van der Waals surface area contributed by atoms with Gasteiger partial charge in [-0.05, 0) is 76.2 Å². The standard InChI is InChI=1S/C18H24N2OS.C2H2O4/c1-18(2,3)20-12-4-5-13(20)9-11(8-12)17-15-10-14(21)6-7-16(15)22-19-17;3-1(4)2(5)6/h6-7,10-13,21H,4-5,8-9H2,1-3H3;(H,3,4)(H,5,6). The van der Waals surface area contributed by atoms with Crippen LogP contribution in [-0.4, -0.2) is 54.2 Å². The lowest BCUT2D eigenvalue weighted by Gasteiger charge is -2.46. The number of fused-ring (bicyclic) bond motifs is 3. The Morgan fingerprint density at radius 3 is 2.18 bits per heavy atom. The van der Waals surface area contributed by atoms with Crippen LogP contribution in [0.2, 0.25) is 0 Å². The Morgan fingerprint density at radius 1 is 1.11 bits per heavy atom. The molecule has 8 heteroatoms. The molecule has 2 saturated heterocycles. The lowest BCUT2D eigenvalue weighted by molar-refractivity contribution is -0.159. The van der Waals surface area contributed by atoms with Crippen molar-refractivity contribution < 1.29 is 24.9 Å². The lowest BCUT2D eigenvalue weighted by Crippen LogP contribution is -2.52. The number of hydrogen-bond acceptors (Lipinski definition) is 6. The van der Waals surface area contributed by atoms with E-state index in [4.69, 9.17) is 24.2 Å². The molecule has 3 N–H and O–H groups in total. The maximum Gasteiger partial charge on any atom is 0.414 e. The average Bonchev–Trinajstić information content (AvgIpc) is 3.13. The van der Waals surface area contributed by atoms with Gasteiger partial charge in [-0.15, -0.1) is 0 Å². The summed E-state index contributed by atoms with van der Waals surface area (Å²) in [5, 5.41) is 25.8. The number of carboxylic acids is 2. The SMILES string of the molecule is CC(C)(C)N1C2CCC1CC(c1nsc3ccc(O)cc13)C2.O=C(O)C(=O)O. The molecule has 0 saturated carbocycles. The molecule has 28 heavy (non-hydrogen) atoms. The summed E-state index contributed by atoms with van der Waals surface area (Å²) in [6.07, 6.45) is 5.07. The number of carboxylic acid groups (broad SMARTS) is 2. The van der Waals surface area contributed by atoms with E-state index in [-0.39, 0.29) is 5.54 Å². The Kier molecular flexibility index (Phi) is 5.63. The van der Waals surface area contributed by atoms with Crippen LogP contribution >= 0.6 is 11.5 Å². The number of piperidine rings is 1. The van der Waals surface area contributed by atoms with E-state index in [1.165, 1.54) is 41.5 Å². The third-order valence-electron chi connectivity index (χ3n) is 5.56. The van der Waals surface area contributed by atoms with Crippen molar-refractivity contribution >= 4 is 33.6 Å². The molecule has 2 aliphatic heterocycles. The van der Waals surface area contributed by atoms with Crippen LogP contribution in [0.1, 0.15) is 58.1 Å². The van der Waals surface area contributed by atoms with E-state index in [1.807, 2.05) is 12.1 Å². The van der Waals surface area contributed by atoms with Crippen LogP contribution in [0.15, 0.2) is 18.2 Å². The highest BCUT2D eigenvalue weighted by Crippen LogP contribution is 2.47. The van der Waals surface area contributed by atoms with E-state index in [0.29, 0.717) is 23.8 Å². The van der Waals surface area contributed by atoms with Crippen LogP contribution < -0.4 is 0 Å². The number of aliphatic carboxylic acids is 2. The minimum atomic E-state index is -1.82. The summed E-state index contributed by atoms with van der Waals surface area (Å²) in [5.41, 5.74) is 1.49. The minimum Gasteiger partial charge on any atom is -0.508 e. The number of nitrogens with zero attached hydrogens (tertiary/aromatic N) is 2. The van der Waals surface area contributed by atoms with E-state index in [9.17, 15) is 5.11 Å². The fourth-order valence-corrected chi connectivity index (χ4v) is 5.57. The number of rotatable bonds is 1. The summed E-state index contributed by atoms with van der Waals surface area (Å²) in [6.45, 7) is 7.03. The molecule has 2 fully saturated rings. The van der Waals surface area contributed by atoms with Crippen LogP contribution in [0.4, 0.5) is 0 Å². The van der Waals surface area contributed by atoms with Gasteiger partial charge in [0.1, 0.15) is 5.75 Å². The zero-order chi connectivity index (χ0) is 20.6. The van der Waals surface area contributed by atoms with Crippen LogP contribution in [-0.2, 0) is 9.59 Å². The highest BCUT2D eigenvalue weighted by molar-refractivity contribution is 7.13. The molecule has 1 aromatic carbocycles. The average molecular weight is 407 g/mol. The predicted molar refractivity (Wildman–Crippen MR) is 107 cm³/mol. The molecule has 1 aromatic heterocycles. The number of hydrogen-bond donors (Lipinski definition) is 3. The maximum atomic E-state index is 9.81. The van der Waals surface area contributed by atoms with Gasteiger partial charge in [0.2, 0.25) is 0 Å². The molecule has 7 nitrogen and oxygen atoms in total. The Balaban J connectivity index is 0.000000330. The van der Waals surface area contributed by atoms with Crippen molar-refractivity contribution in [2.75, 3.05) is 0 Å². The maximum absolute atomic E-state index is 9.81. The van der Waals surface area contributed by atoms with Crippen LogP contribution in [0.5, 0.6) is 5.75 Å². The van der Waals surface area contributed by atoms with Crippen LogP contribution in [0.3, 0.4) is 0 Å². The van der Waals surface area contributed by atoms with Gasteiger partial charge < -0.3 is 15.3 Å². The normalized spacial score (nSPS) is 24.6. The van der Waals surface area contributed by atoms with Crippen molar-refractivity contribution in [1.82, 2.24) is 9.27 Å².